The van der Waals surface area contributed by atoms with E-state index in [1.54, 1.807) is 0 Å². The van der Waals surface area contributed by atoms with E-state index in [9.17, 15) is 4.79 Å². The summed E-state index contributed by atoms with van der Waals surface area (Å²) < 4.78 is 3.97. The molecule has 3 aromatic rings. The molecule has 0 bridgehead atoms. The molecule has 26 heavy (non-hydrogen) atoms. The van der Waals surface area contributed by atoms with Gasteiger partial charge in [0, 0.05) is 22.6 Å². The van der Waals surface area contributed by atoms with E-state index in [2.05, 4.69) is 32.2 Å². The first-order valence-electron chi connectivity index (χ1n) is 8.79. The zero-order chi connectivity index (χ0) is 18.3. The summed E-state index contributed by atoms with van der Waals surface area (Å²) in [7, 11) is 0. The van der Waals surface area contributed by atoms with Crippen molar-refractivity contribution in [2.75, 3.05) is 0 Å². The minimum atomic E-state index is -0.247. The second-order valence-electron chi connectivity index (χ2n) is 6.72. The van der Waals surface area contributed by atoms with Gasteiger partial charge in [0.2, 0.25) is 5.16 Å². The highest BCUT2D eigenvalue weighted by molar-refractivity contribution is 8.00. The third-order valence-electron chi connectivity index (χ3n) is 4.72. The molecule has 1 fully saturated rings. The van der Waals surface area contributed by atoms with Gasteiger partial charge in [0.1, 0.15) is 0 Å². The molecule has 4 rings (SSSR count). The van der Waals surface area contributed by atoms with Crippen LogP contribution in [0.25, 0.3) is 5.69 Å². The van der Waals surface area contributed by atoms with Crippen LogP contribution in [0, 0.1) is 13.8 Å². The topological polar surface area (TPSA) is 65.6 Å². The number of ketones is 1. The summed E-state index contributed by atoms with van der Waals surface area (Å²) in [4.78, 5) is 13.1. The number of aromatic nitrogens is 5. The lowest BCUT2D eigenvalue weighted by atomic mass is 10.1. The van der Waals surface area contributed by atoms with Crippen molar-refractivity contribution in [1.29, 1.82) is 0 Å². The molecule has 1 atom stereocenters. The summed E-state index contributed by atoms with van der Waals surface area (Å²) in [6, 6.07) is 12.5. The van der Waals surface area contributed by atoms with E-state index in [-0.39, 0.29) is 11.0 Å². The highest BCUT2D eigenvalue weighted by Crippen LogP contribution is 2.37. The lowest BCUT2D eigenvalue weighted by Gasteiger charge is -2.12. The van der Waals surface area contributed by atoms with E-state index in [1.807, 2.05) is 49.7 Å². The molecule has 0 aliphatic heterocycles. The van der Waals surface area contributed by atoms with Gasteiger partial charge in [-0.25, -0.2) is 4.68 Å². The first kappa shape index (κ1) is 17.0. The van der Waals surface area contributed by atoms with Crippen LogP contribution in [0.4, 0.5) is 0 Å². The molecule has 0 radical (unpaired) electrons. The summed E-state index contributed by atoms with van der Waals surface area (Å²) in [5, 5.41) is 12.4. The Morgan fingerprint density at radius 1 is 1.23 bits per heavy atom. The first-order chi connectivity index (χ1) is 12.6. The number of benzene rings is 1. The van der Waals surface area contributed by atoms with Crippen LogP contribution in [0.3, 0.4) is 0 Å². The number of carbonyl (C=O) groups is 1. The van der Waals surface area contributed by atoms with Crippen LogP contribution in [-0.4, -0.2) is 35.8 Å². The molecular weight excluding hydrogens is 346 g/mol. The quantitative estimate of drug-likeness (QED) is 0.490. The maximum atomic E-state index is 13.1. The molecule has 2 aromatic heterocycles. The smallest absolute Gasteiger partial charge is 0.210 e. The largest absolute Gasteiger partial charge is 0.318 e. The summed E-state index contributed by atoms with van der Waals surface area (Å²) in [6.07, 6.45) is 2.22. The molecule has 1 aliphatic carbocycles. The van der Waals surface area contributed by atoms with Crippen molar-refractivity contribution < 1.29 is 4.79 Å². The third-order valence-corrected chi connectivity index (χ3v) is 5.76. The number of hydrogen-bond acceptors (Lipinski definition) is 5. The van der Waals surface area contributed by atoms with Crippen molar-refractivity contribution in [3.8, 4) is 5.69 Å². The molecular formula is C19H21N5OS. The van der Waals surface area contributed by atoms with Gasteiger partial charge in [0.15, 0.2) is 5.78 Å². The van der Waals surface area contributed by atoms with Gasteiger partial charge in [-0.2, -0.15) is 0 Å². The number of hydrogen-bond donors (Lipinski definition) is 0. The average Bonchev–Trinajstić information content (AvgIpc) is 3.31. The number of rotatable bonds is 6. The number of Topliss-reactive ketones (excluding diaryl/α,β-unsaturated/α-hetero) is 1. The Bertz CT molecular complexity index is 942. The van der Waals surface area contributed by atoms with Crippen molar-refractivity contribution in [2.45, 2.75) is 50.1 Å². The van der Waals surface area contributed by atoms with Gasteiger partial charge in [-0.3, -0.25) is 4.79 Å². The Balaban J connectivity index is 1.59. The molecule has 1 aliphatic rings. The van der Waals surface area contributed by atoms with Crippen LogP contribution in [0.5, 0.6) is 0 Å². The summed E-state index contributed by atoms with van der Waals surface area (Å²) in [5.41, 5.74) is 3.85. The van der Waals surface area contributed by atoms with Gasteiger partial charge in [-0.05, 0) is 62.2 Å². The van der Waals surface area contributed by atoms with Crippen molar-refractivity contribution in [3.63, 3.8) is 0 Å². The Morgan fingerprint density at radius 3 is 2.65 bits per heavy atom. The van der Waals surface area contributed by atoms with Crippen LogP contribution in [0.15, 0.2) is 41.6 Å². The first-order valence-corrected chi connectivity index (χ1v) is 9.67. The third kappa shape index (κ3) is 3.07. The summed E-state index contributed by atoms with van der Waals surface area (Å²) >= 11 is 1.44. The Labute approximate surface area is 156 Å². The van der Waals surface area contributed by atoms with Gasteiger partial charge in [0.05, 0.1) is 11.3 Å². The minimum Gasteiger partial charge on any atom is -0.318 e. The predicted molar refractivity (Wildman–Crippen MR) is 101 cm³/mol. The Hall–Kier alpha value is -2.41. The van der Waals surface area contributed by atoms with Crippen LogP contribution in [-0.2, 0) is 0 Å². The fourth-order valence-electron chi connectivity index (χ4n) is 3.23. The van der Waals surface area contributed by atoms with E-state index in [0.717, 1.165) is 40.6 Å². The van der Waals surface area contributed by atoms with E-state index >= 15 is 0 Å². The van der Waals surface area contributed by atoms with Gasteiger partial charge in [-0.15, -0.1) is 5.10 Å². The number of aryl methyl sites for hydroxylation is 1. The zero-order valence-corrected chi connectivity index (χ0v) is 15.9. The standard InChI is InChI=1S/C19H21N5OS/c1-12-11-17(13(2)23(12)15-7-5-4-6-8-15)18(25)14(3)26-19-20-21-22-24(19)16-9-10-16/h4-8,11,14,16H,9-10H2,1-3H3/t14-/m0/s1. The molecule has 134 valence electrons. The zero-order valence-electron chi connectivity index (χ0n) is 15.1. The van der Waals surface area contributed by atoms with Gasteiger partial charge in [-0.1, -0.05) is 30.0 Å². The molecule has 2 heterocycles. The monoisotopic (exact) mass is 367 g/mol. The Morgan fingerprint density at radius 2 is 1.96 bits per heavy atom. The van der Waals surface area contributed by atoms with Gasteiger partial charge >= 0.3 is 0 Å². The molecule has 0 amide bonds. The SMILES string of the molecule is Cc1cc(C(=O)[C@H](C)Sc2nnnn2C2CC2)c(C)n1-c1ccccc1. The Kier molecular flexibility index (Phi) is 4.40. The number of carbonyl (C=O) groups excluding carboxylic acids is 1. The highest BCUT2D eigenvalue weighted by atomic mass is 32.2. The van der Waals surface area contributed by atoms with E-state index in [0.29, 0.717) is 6.04 Å². The molecule has 6 nitrogen and oxygen atoms in total. The molecule has 1 aromatic carbocycles. The number of thioether (sulfide) groups is 1. The van der Waals surface area contributed by atoms with Gasteiger partial charge in [0.25, 0.3) is 0 Å². The minimum absolute atomic E-state index is 0.107. The van der Waals surface area contributed by atoms with E-state index < -0.39 is 0 Å². The lowest BCUT2D eigenvalue weighted by Crippen LogP contribution is -2.15. The highest BCUT2D eigenvalue weighted by Gasteiger charge is 2.30. The van der Waals surface area contributed by atoms with Crippen molar-refractivity contribution >= 4 is 17.5 Å². The second-order valence-corrected chi connectivity index (χ2v) is 8.03. The number of nitrogens with zero attached hydrogens (tertiary/aromatic N) is 5. The average molecular weight is 367 g/mol. The lowest BCUT2D eigenvalue weighted by molar-refractivity contribution is 0.0993. The van der Waals surface area contributed by atoms with Crippen LogP contribution >= 0.6 is 11.8 Å². The number of para-hydroxylation sites is 1. The van der Waals surface area contributed by atoms with Crippen LogP contribution in [0.1, 0.15) is 47.6 Å². The van der Waals surface area contributed by atoms with Crippen LogP contribution in [0.2, 0.25) is 0 Å². The maximum Gasteiger partial charge on any atom is 0.210 e. The molecule has 1 saturated carbocycles. The molecule has 7 heteroatoms. The van der Waals surface area contributed by atoms with E-state index in [4.69, 9.17) is 0 Å². The summed E-state index contributed by atoms with van der Waals surface area (Å²) in [6.45, 7) is 5.95. The second kappa shape index (κ2) is 6.72. The fourth-order valence-corrected chi connectivity index (χ4v) is 4.16. The maximum absolute atomic E-state index is 13.1. The molecule has 0 unspecified atom stereocenters. The van der Waals surface area contributed by atoms with Crippen molar-refractivity contribution in [1.82, 2.24) is 24.8 Å². The molecule has 0 saturated heterocycles. The predicted octanol–water partition coefficient (Wildman–Crippen LogP) is 3.78. The summed E-state index contributed by atoms with van der Waals surface area (Å²) in [5.74, 6) is 0.107. The van der Waals surface area contributed by atoms with Crippen LogP contribution < -0.4 is 0 Å². The van der Waals surface area contributed by atoms with E-state index in [1.165, 1.54) is 11.8 Å². The van der Waals surface area contributed by atoms with Crippen molar-refractivity contribution in [3.05, 3.63) is 53.3 Å². The molecule has 0 spiro atoms. The van der Waals surface area contributed by atoms with Crippen molar-refractivity contribution in [2.24, 2.45) is 0 Å². The normalized spacial score (nSPS) is 15.2. The molecule has 0 N–H and O–H groups in total. The number of tetrazole rings is 1. The van der Waals surface area contributed by atoms with Gasteiger partial charge < -0.3 is 4.57 Å². The fraction of sp³-hybridized carbons (Fsp3) is 0.368.